The molecule has 0 radical (unpaired) electrons. The van der Waals surface area contributed by atoms with Crippen LogP contribution in [0.15, 0.2) is 48.2 Å². The molecule has 0 unspecified atom stereocenters. The van der Waals surface area contributed by atoms with E-state index in [1.54, 1.807) is 14.0 Å². The number of hydrogen-bond donors (Lipinski definition) is 1. The van der Waals surface area contributed by atoms with Crippen molar-refractivity contribution in [1.82, 2.24) is 9.59 Å². The Morgan fingerprint density at radius 3 is 2.78 bits per heavy atom. The van der Waals surface area contributed by atoms with E-state index in [1.165, 1.54) is 17.6 Å². The molecule has 0 spiro atoms. The molecule has 27 heavy (non-hydrogen) atoms. The highest BCUT2D eigenvalue weighted by atomic mass is 32.1. The largest absolute Gasteiger partial charge is 0.447 e. The summed E-state index contributed by atoms with van der Waals surface area (Å²) in [4.78, 5) is 18.1. The summed E-state index contributed by atoms with van der Waals surface area (Å²) in [5.41, 5.74) is 3.67. The summed E-state index contributed by atoms with van der Waals surface area (Å²) in [5, 5.41) is 7.55. The molecule has 3 aromatic rings. The third kappa shape index (κ3) is 4.12. The van der Waals surface area contributed by atoms with Gasteiger partial charge in [-0.25, -0.2) is 0 Å². The van der Waals surface area contributed by atoms with E-state index in [9.17, 15) is 4.79 Å². The van der Waals surface area contributed by atoms with Crippen LogP contribution in [0.1, 0.15) is 26.5 Å². The van der Waals surface area contributed by atoms with Gasteiger partial charge in [-0.3, -0.25) is 9.79 Å². The number of aryl methyl sites for hydroxylation is 2. The normalized spacial score (nSPS) is 11.3. The maximum absolute atomic E-state index is 12.3. The van der Waals surface area contributed by atoms with Crippen LogP contribution in [0.4, 0.5) is 5.00 Å². The lowest BCUT2D eigenvalue weighted by atomic mass is 10.0. The summed E-state index contributed by atoms with van der Waals surface area (Å²) in [5.74, 6) is 0.311. The number of anilines is 1. The zero-order valence-corrected chi connectivity index (χ0v) is 16.8. The number of aliphatic imine (C=N–C) groups is 1. The molecule has 0 fully saturated rings. The van der Waals surface area contributed by atoms with Crippen LogP contribution in [0.25, 0.3) is 10.4 Å². The van der Waals surface area contributed by atoms with E-state index in [1.807, 2.05) is 37.3 Å². The number of hydrogen-bond acceptors (Lipinski definition) is 7. The van der Waals surface area contributed by atoms with Crippen LogP contribution in [-0.4, -0.2) is 28.4 Å². The Labute approximate surface area is 165 Å². The fraction of sp³-hybridized carbons (Fsp3) is 0.158. The zero-order valence-electron chi connectivity index (χ0n) is 15.1. The van der Waals surface area contributed by atoms with E-state index in [2.05, 4.69) is 26.5 Å². The van der Waals surface area contributed by atoms with Crippen LogP contribution < -0.4 is 5.32 Å². The van der Waals surface area contributed by atoms with Gasteiger partial charge in [0.2, 0.25) is 5.90 Å². The van der Waals surface area contributed by atoms with Gasteiger partial charge in [0.05, 0.1) is 17.0 Å². The van der Waals surface area contributed by atoms with Gasteiger partial charge in [-0.2, -0.15) is 0 Å². The van der Waals surface area contributed by atoms with Crippen LogP contribution in [0.3, 0.4) is 0 Å². The number of carbonyl (C=O) groups is 1. The Hall–Kier alpha value is -2.84. The SMILES string of the molecule is C=COC(=NC)c1ccc(C)c(-c2ccc(NC(=O)c3snnc3C)s2)c1. The highest BCUT2D eigenvalue weighted by Gasteiger charge is 2.15. The van der Waals surface area contributed by atoms with E-state index < -0.39 is 0 Å². The highest BCUT2D eigenvalue weighted by Crippen LogP contribution is 2.34. The van der Waals surface area contributed by atoms with Gasteiger partial charge in [0, 0.05) is 17.5 Å². The number of thiophene rings is 1. The van der Waals surface area contributed by atoms with Crippen LogP contribution >= 0.6 is 22.9 Å². The summed E-state index contributed by atoms with van der Waals surface area (Å²) in [6.07, 6.45) is 1.36. The molecule has 2 aromatic heterocycles. The lowest BCUT2D eigenvalue weighted by Gasteiger charge is -2.09. The zero-order chi connectivity index (χ0) is 19.4. The molecule has 0 saturated heterocycles. The molecule has 3 rings (SSSR count). The van der Waals surface area contributed by atoms with Crippen molar-refractivity contribution in [3.05, 3.63) is 64.9 Å². The third-order valence-corrected chi connectivity index (χ3v) is 5.71. The summed E-state index contributed by atoms with van der Waals surface area (Å²) in [6.45, 7) is 7.39. The highest BCUT2D eigenvalue weighted by molar-refractivity contribution is 7.19. The predicted molar refractivity (Wildman–Crippen MR) is 111 cm³/mol. The van der Waals surface area contributed by atoms with E-state index >= 15 is 0 Å². The number of aromatic nitrogens is 2. The number of nitrogens with zero attached hydrogens (tertiary/aromatic N) is 3. The fourth-order valence-electron chi connectivity index (χ4n) is 2.51. The van der Waals surface area contributed by atoms with E-state index in [-0.39, 0.29) is 5.91 Å². The maximum atomic E-state index is 12.3. The number of benzene rings is 1. The van der Waals surface area contributed by atoms with Crippen molar-refractivity contribution in [2.75, 3.05) is 12.4 Å². The smallest absolute Gasteiger partial charge is 0.269 e. The second-order valence-corrected chi connectivity index (χ2v) is 7.49. The predicted octanol–water partition coefficient (Wildman–Crippen LogP) is 4.67. The minimum absolute atomic E-state index is 0.193. The molecule has 6 nitrogen and oxygen atoms in total. The standard InChI is InChI=1S/C19H18N4O2S2/c1-5-25-19(20-4)13-7-6-11(2)14(10-13)15-8-9-16(26-15)21-18(24)17-12(3)22-23-27-17/h5-10H,1H2,2-4H3,(H,21,24). The maximum Gasteiger partial charge on any atom is 0.269 e. The molecule has 0 aliphatic carbocycles. The minimum Gasteiger partial charge on any atom is -0.447 e. The Balaban J connectivity index is 1.87. The van der Waals surface area contributed by atoms with Crippen molar-refractivity contribution >= 4 is 39.7 Å². The molecule has 0 aliphatic rings. The van der Waals surface area contributed by atoms with Crippen molar-refractivity contribution in [1.29, 1.82) is 0 Å². The molecule has 1 aromatic carbocycles. The molecule has 138 valence electrons. The van der Waals surface area contributed by atoms with Crippen LogP contribution in [0.2, 0.25) is 0 Å². The molecule has 2 heterocycles. The van der Waals surface area contributed by atoms with Crippen molar-refractivity contribution in [2.45, 2.75) is 13.8 Å². The third-order valence-electron chi connectivity index (χ3n) is 3.85. The quantitative estimate of drug-likeness (QED) is 0.385. The van der Waals surface area contributed by atoms with Gasteiger partial charge in [-0.05, 0) is 60.8 Å². The van der Waals surface area contributed by atoms with Crippen LogP contribution in [0, 0.1) is 13.8 Å². The van der Waals surface area contributed by atoms with Crippen molar-refractivity contribution in [3.63, 3.8) is 0 Å². The van der Waals surface area contributed by atoms with Crippen LogP contribution in [-0.2, 0) is 4.74 Å². The first-order valence-corrected chi connectivity index (χ1v) is 9.68. The Morgan fingerprint density at radius 1 is 1.30 bits per heavy atom. The number of nitrogens with one attached hydrogen (secondary N) is 1. The second kappa shape index (κ2) is 8.24. The molecule has 0 atom stereocenters. The van der Waals surface area contributed by atoms with E-state index in [0.717, 1.165) is 38.1 Å². The van der Waals surface area contributed by atoms with Gasteiger partial charge in [0.1, 0.15) is 4.88 Å². The van der Waals surface area contributed by atoms with Crippen LogP contribution in [0.5, 0.6) is 0 Å². The lowest BCUT2D eigenvalue weighted by molar-refractivity contribution is 0.103. The molecule has 0 bridgehead atoms. The van der Waals surface area contributed by atoms with Crippen molar-refractivity contribution in [2.24, 2.45) is 4.99 Å². The lowest BCUT2D eigenvalue weighted by Crippen LogP contribution is -2.10. The summed E-state index contributed by atoms with van der Waals surface area (Å²) < 4.78 is 9.17. The monoisotopic (exact) mass is 398 g/mol. The molecule has 0 saturated carbocycles. The van der Waals surface area contributed by atoms with Gasteiger partial charge in [-0.15, -0.1) is 16.4 Å². The van der Waals surface area contributed by atoms with Gasteiger partial charge in [-0.1, -0.05) is 17.1 Å². The topological polar surface area (TPSA) is 76.5 Å². The first-order chi connectivity index (χ1) is 13.0. The number of ether oxygens (including phenoxy) is 1. The van der Waals surface area contributed by atoms with Gasteiger partial charge in [0.15, 0.2) is 0 Å². The minimum atomic E-state index is -0.193. The summed E-state index contributed by atoms with van der Waals surface area (Å²) in [6, 6.07) is 9.88. The van der Waals surface area contributed by atoms with Crippen molar-refractivity contribution < 1.29 is 9.53 Å². The fourth-order valence-corrected chi connectivity index (χ4v) is 4.04. The average molecular weight is 399 g/mol. The van der Waals surface area contributed by atoms with E-state index in [0.29, 0.717) is 16.5 Å². The Bertz CT molecular complexity index is 1020. The Morgan fingerprint density at radius 2 is 2.11 bits per heavy atom. The summed E-state index contributed by atoms with van der Waals surface area (Å²) in [7, 11) is 1.67. The number of amides is 1. The molecule has 1 amide bonds. The van der Waals surface area contributed by atoms with Gasteiger partial charge in [0.25, 0.3) is 5.91 Å². The number of rotatable bonds is 5. The van der Waals surface area contributed by atoms with Gasteiger partial charge < -0.3 is 10.1 Å². The molecule has 0 aliphatic heterocycles. The average Bonchev–Trinajstić information content (AvgIpc) is 3.29. The molecule has 8 heteroatoms. The Kier molecular flexibility index (Phi) is 5.78. The molecular formula is C19H18N4O2S2. The summed E-state index contributed by atoms with van der Waals surface area (Å²) >= 11 is 2.60. The van der Waals surface area contributed by atoms with E-state index in [4.69, 9.17) is 4.74 Å². The van der Waals surface area contributed by atoms with Crippen molar-refractivity contribution in [3.8, 4) is 10.4 Å². The molecular weight excluding hydrogens is 380 g/mol. The first kappa shape index (κ1) is 18.9. The molecule has 1 N–H and O–H groups in total. The number of carbonyl (C=O) groups excluding carboxylic acids is 1. The first-order valence-electron chi connectivity index (χ1n) is 8.09. The second-order valence-electron chi connectivity index (χ2n) is 5.65. The van der Waals surface area contributed by atoms with Gasteiger partial charge >= 0.3 is 0 Å².